The van der Waals surface area contributed by atoms with Crippen LogP contribution in [0, 0.1) is 12.8 Å². The van der Waals surface area contributed by atoms with E-state index in [1.807, 2.05) is 53.4 Å². The number of hydrogen-bond acceptors (Lipinski definition) is 3. The summed E-state index contributed by atoms with van der Waals surface area (Å²) in [5.41, 5.74) is 4.27. The van der Waals surface area contributed by atoms with Crippen molar-refractivity contribution >= 4 is 11.8 Å². The standard InChI is InChI=1S/C27H29N3O2/c1-20-7-5-11-23(15-20)25-13-12-24(27(32)29-18-22-10-6-14-28-17-22)19-30(25)26(31)16-21-8-3-2-4-9-21/h2-11,14-15,17,24-25H,12-13,16,18-19H2,1H3,(H,29,32). The topological polar surface area (TPSA) is 62.3 Å². The van der Waals surface area contributed by atoms with Crippen LogP contribution in [0.25, 0.3) is 0 Å². The number of hydrogen-bond donors (Lipinski definition) is 1. The molecule has 1 aliphatic rings. The number of amides is 2. The Morgan fingerprint density at radius 2 is 1.81 bits per heavy atom. The molecule has 5 heteroatoms. The SMILES string of the molecule is Cc1cccc(C2CCC(C(=O)NCc3cccnc3)CN2C(=O)Cc2ccccc2)c1. The molecule has 4 rings (SSSR count). The maximum atomic E-state index is 13.4. The number of rotatable bonds is 6. The molecule has 2 unspecified atom stereocenters. The lowest BCUT2D eigenvalue weighted by molar-refractivity contribution is -0.138. The summed E-state index contributed by atoms with van der Waals surface area (Å²) in [5.74, 6) is -0.158. The van der Waals surface area contributed by atoms with Gasteiger partial charge < -0.3 is 10.2 Å². The zero-order valence-corrected chi connectivity index (χ0v) is 18.4. The normalized spacial score (nSPS) is 18.2. The van der Waals surface area contributed by atoms with Crippen molar-refractivity contribution in [2.45, 2.75) is 38.8 Å². The lowest BCUT2D eigenvalue weighted by Gasteiger charge is -2.39. The molecule has 164 valence electrons. The Kier molecular flexibility index (Phi) is 6.95. The van der Waals surface area contributed by atoms with Gasteiger partial charge in [-0.3, -0.25) is 14.6 Å². The number of aromatic nitrogens is 1. The van der Waals surface area contributed by atoms with Gasteiger partial charge in [-0.25, -0.2) is 0 Å². The number of nitrogens with zero attached hydrogens (tertiary/aromatic N) is 2. The van der Waals surface area contributed by atoms with Crippen LogP contribution in [-0.4, -0.2) is 28.2 Å². The molecule has 3 aromatic rings. The second-order valence-corrected chi connectivity index (χ2v) is 8.49. The fourth-order valence-electron chi connectivity index (χ4n) is 4.39. The van der Waals surface area contributed by atoms with Crippen LogP contribution in [0.15, 0.2) is 79.1 Å². The number of aryl methyl sites for hydroxylation is 1. The molecule has 0 spiro atoms. The Bertz CT molecular complexity index is 1050. The summed E-state index contributed by atoms with van der Waals surface area (Å²) in [7, 11) is 0. The van der Waals surface area contributed by atoms with E-state index in [2.05, 4.69) is 35.4 Å². The van der Waals surface area contributed by atoms with Crippen molar-refractivity contribution in [2.24, 2.45) is 5.92 Å². The van der Waals surface area contributed by atoms with Gasteiger partial charge in [0.2, 0.25) is 11.8 Å². The van der Waals surface area contributed by atoms with Crippen molar-refractivity contribution in [3.63, 3.8) is 0 Å². The van der Waals surface area contributed by atoms with E-state index in [1.165, 1.54) is 5.56 Å². The molecular weight excluding hydrogens is 398 g/mol. The minimum absolute atomic E-state index is 0.00550. The zero-order chi connectivity index (χ0) is 22.3. The second kappa shape index (κ2) is 10.2. The van der Waals surface area contributed by atoms with Crippen molar-refractivity contribution < 1.29 is 9.59 Å². The maximum Gasteiger partial charge on any atom is 0.227 e. The van der Waals surface area contributed by atoms with Crippen LogP contribution in [0.1, 0.15) is 41.1 Å². The third-order valence-corrected chi connectivity index (χ3v) is 6.09. The maximum absolute atomic E-state index is 13.4. The van der Waals surface area contributed by atoms with Crippen molar-refractivity contribution in [1.29, 1.82) is 0 Å². The number of pyridine rings is 1. The number of likely N-dealkylation sites (tertiary alicyclic amines) is 1. The van der Waals surface area contributed by atoms with Gasteiger partial charge in [0.1, 0.15) is 0 Å². The van der Waals surface area contributed by atoms with Gasteiger partial charge in [0.05, 0.1) is 18.4 Å². The van der Waals surface area contributed by atoms with Crippen molar-refractivity contribution in [1.82, 2.24) is 15.2 Å². The van der Waals surface area contributed by atoms with Crippen molar-refractivity contribution in [3.8, 4) is 0 Å². The molecule has 2 heterocycles. The zero-order valence-electron chi connectivity index (χ0n) is 18.4. The van der Waals surface area contributed by atoms with Gasteiger partial charge in [0.15, 0.2) is 0 Å². The third kappa shape index (κ3) is 5.41. The minimum Gasteiger partial charge on any atom is -0.352 e. The molecule has 32 heavy (non-hydrogen) atoms. The smallest absolute Gasteiger partial charge is 0.227 e. The quantitative estimate of drug-likeness (QED) is 0.640. The van der Waals surface area contributed by atoms with Gasteiger partial charge in [-0.1, -0.05) is 66.2 Å². The first-order chi connectivity index (χ1) is 15.6. The first-order valence-corrected chi connectivity index (χ1v) is 11.2. The molecule has 5 nitrogen and oxygen atoms in total. The van der Waals surface area contributed by atoms with E-state index in [9.17, 15) is 9.59 Å². The Morgan fingerprint density at radius 1 is 1.00 bits per heavy atom. The summed E-state index contributed by atoms with van der Waals surface area (Å²) in [6, 6.07) is 21.9. The van der Waals surface area contributed by atoms with E-state index in [-0.39, 0.29) is 23.8 Å². The monoisotopic (exact) mass is 427 g/mol. The Balaban J connectivity index is 1.49. The van der Waals surface area contributed by atoms with Crippen LogP contribution in [0.2, 0.25) is 0 Å². The molecule has 0 saturated carbocycles. The van der Waals surface area contributed by atoms with E-state index in [0.717, 1.165) is 29.5 Å². The second-order valence-electron chi connectivity index (χ2n) is 8.49. The number of carbonyl (C=O) groups is 2. The number of benzene rings is 2. The summed E-state index contributed by atoms with van der Waals surface area (Å²) in [4.78, 5) is 32.3. The Labute approximate surface area is 189 Å². The Morgan fingerprint density at radius 3 is 2.56 bits per heavy atom. The van der Waals surface area contributed by atoms with Gasteiger partial charge >= 0.3 is 0 Å². The molecule has 1 aliphatic heterocycles. The highest BCUT2D eigenvalue weighted by molar-refractivity contribution is 5.82. The lowest BCUT2D eigenvalue weighted by atomic mass is 9.87. The first-order valence-electron chi connectivity index (χ1n) is 11.2. The van der Waals surface area contributed by atoms with E-state index >= 15 is 0 Å². The predicted molar refractivity (Wildman–Crippen MR) is 125 cm³/mol. The van der Waals surface area contributed by atoms with Gasteiger partial charge in [0.25, 0.3) is 0 Å². The molecule has 1 fully saturated rings. The summed E-state index contributed by atoms with van der Waals surface area (Å²) in [6.45, 7) is 2.95. The molecule has 1 aromatic heterocycles. The average molecular weight is 428 g/mol. The molecule has 2 aromatic carbocycles. The molecule has 1 saturated heterocycles. The van der Waals surface area contributed by atoms with E-state index in [4.69, 9.17) is 0 Å². The fraction of sp³-hybridized carbons (Fsp3) is 0.296. The van der Waals surface area contributed by atoms with Crippen LogP contribution < -0.4 is 5.32 Å². The molecule has 2 amide bonds. The van der Waals surface area contributed by atoms with Gasteiger partial charge in [-0.05, 0) is 42.5 Å². The minimum atomic E-state index is -0.215. The molecule has 0 radical (unpaired) electrons. The van der Waals surface area contributed by atoms with Gasteiger partial charge in [-0.15, -0.1) is 0 Å². The number of piperidine rings is 1. The highest BCUT2D eigenvalue weighted by Crippen LogP contribution is 2.34. The van der Waals surface area contributed by atoms with Crippen LogP contribution in [0.3, 0.4) is 0 Å². The van der Waals surface area contributed by atoms with E-state index < -0.39 is 0 Å². The highest BCUT2D eigenvalue weighted by atomic mass is 16.2. The molecular formula is C27H29N3O2. The summed E-state index contributed by atoms with van der Waals surface area (Å²) in [6.07, 6.45) is 5.34. The van der Waals surface area contributed by atoms with Crippen molar-refractivity contribution in [3.05, 3.63) is 101 Å². The Hall–Kier alpha value is -3.47. The number of nitrogens with one attached hydrogen (secondary N) is 1. The fourth-order valence-corrected chi connectivity index (χ4v) is 4.39. The highest BCUT2D eigenvalue weighted by Gasteiger charge is 2.35. The van der Waals surface area contributed by atoms with Gasteiger partial charge in [-0.2, -0.15) is 0 Å². The predicted octanol–water partition coefficient (Wildman–Crippen LogP) is 4.23. The molecule has 1 N–H and O–H groups in total. The summed E-state index contributed by atoms with van der Waals surface area (Å²) in [5, 5.41) is 3.02. The number of carbonyl (C=O) groups excluding carboxylic acids is 2. The molecule has 2 atom stereocenters. The van der Waals surface area contributed by atoms with Crippen LogP contribution in [-0.2, 0) is 22.6 Å². The van der Waals surface area contributed by atoms with Crippen LogP contribution in [0.4, 0.5) is 0 Å². The van der Waals surface area contributed by atoms with Crippen LogP contribution in [0.5, 0.6) is 0 Å². The van der Waals surface area contributed by atoms with Crippen LogP contribution >= 0.6 is 0 Å². The third-order valence-electron chi connectivity index (χ3n) is 6.09. The lowest BCUT2D eigenvalue weighted by Crippen LogP contribution is -2.47. The summed E-state index contributed by atoms with van der Waals surface area (Å²) >= 11 is 0. The molecule has 0 aliphatic carbocycles. The largest absolute Gasteiger partial charge is 0.352 e. The average Bonchev–Trinajstić information content (AvgIpc) is 2.83. The van der Waals surface area contributed by atoms with Gasteiger partial charge in [0, 0.05) is 25.5 Å². The van der Waals surface area contributed by atoms with E-state index in [0.29, 0.717) is 19.5 Å². The van der Waals surface area contributed by atoms with E-state index in [1.54, 1.807) is 12.4 Å². The van der Waals surface area contributed by atoms with Crippen molar-refractivity contribution in [2.75, 3.05) is 6.54 Å². The molecule has 0 bridgehead atoms. The first kappa shape index (κ1) is 21.8. The summed E-state index contributed by atoms with van der Waals surface area (Å²) < 4.78 is 0.